The number of ether oxygens (including phenoxy) is 1. The largest absolute Gasteiger partial charge is 0.573 e. The van der Waals surface area contributed by atoms with E-state index < -0.39 is 6.36 Å². The molecule has 10 heteroatoms. The Labute approximate surface area is 127 Å². The van der Waals surface area contributed by atoms with Crippen LogP contribution in [-0.4, -0.2) is 32.5 Å². The zero-order chi connectivity index (χ0) is 16.3. The summed E-state index contributed by atoms with van der Waals surface area (Å²) in [7, 11) is 0. The molecule has 0 radical (unpaired) electrons. The van der Waals surface area contributed by atoms with E-state index in [9.17, 15) is 13.2 Å². The van der Waals surface area contributed by atoms with Crippen LogP contribution in [0.2, 0.25) is 0 Å². The van der Waals surface area contributed by atoms with Crippen molar-refractivity contribution in [3.8, 4) is 5.75 Å². The van der Waals surface area contributed by atoms with E-state index in [1.165, 1.54) is 43.1 Å². The maximum atomic E-state index is 12.1. The second-order valence-corrected chi connectivity index (χ2v) is 4.31. The van der Waals surface area contributed by atoms with Gasteiger partial charge < -0.3 is 9.72 Å². The Kier molecular flexibility index (Phi) is 3.79. The maximum Gasteiger partial charge on any atom is 0.573 e. The summed E-state index contributed by atoms with van der Waals surface area (Å²) in [6, 6.07) is 5.29. The van der Waals surface area contributed by atoms with Crippen LogP contribution in [0.3, 0.4) is 0 Å². The minimum atomic E-state index is -4.71. The smallest absolute Gasteiger partial charge is 0.406 e. The number of fused-ring (bicyclic) bond motifs is 1. The molecule has 0 unspecified atom stereocenters. The molecule has 0 aliphatic heterocycles. The van der Waals surface area contributed by atoms with Gasteiger partial charge in [-0.1, -0.05) is 0 Å². The number of hydrazone groups is 1. The van der Waals surface area contributed by atoms with Crippen LogP contribution in [0.5, 0.6) is 5.75 Å². The van der Waals surface area contributed by atoms with E-state index in [1.54, 1.807) is 0 Å². The van der Waals surface area contributed by atoms with Crippen molar-refractivity contribution in [1.29, 1.82) is 0 Å². The van der Waals surface area contributed by atoms with E-state index >= 15 is 0 Å². The highest BCUT2D eigenvalue weighted by molar-refractivity contribution is 5.84. The van der Waals surface area contributed by atoms with Crippen LogP contribution in [0.25, 0.3) is 11.2 Å². The van der Waals surface area contributed by atoms with Gasteiger partial charge in [0.1, 0.15) is 17.6 Å². The predicted octanol–water partition coefficient (Wildman–Crippen LogP) is 2.70. The van der Waals surface area contributed by atoms with Crippen LogP contribution >= 0.6 is 0 Å². The first-order chi connectivity index (χ1) is 11.0. The molecule has 7 nitrogen and oxygen atoms in total. The standard InChI is InChI=1S/C13H9F3N6O/c14-13(15,16)23-9-3-1-8(2-4-9)5-21-22-12-10-11(18-6-17-10)19-7-20-12/h1-7H,(H2,17,18,19,20,22). The summed E-state index contributed by atoms with van der Waals surface area (Å²) in [4.78, 5) is 14.8. The molecule has 3 aromatic rings. The molecule has 23 heavy (non-hydrogen) atoms. The van der Waals surface area contributed by atoms with Gasteiger partial charge in [0.15, 0.2) is 11.5 Å². The summed E-state index contributed by atoms with van der Waals surface area (Å²) in [5.41, 5.74) is 4.38. The summed E-state index contributed by atoms with van der Waals surface area (Å²) >= 11 is 0. The Bertz CT molecular complexity index is 828. The van der Waals surface area contributed by atoms with E-state index in [-0.39, 0.29) is 5.75 Å². The van der Waals surface area contributed by atoms with Crippen molar-refractivity contribution in [2.24, 2.45) is 5.10 Å². The average Bonchev–Trinajstić information content (AvgIpc) is 2.97. The molecule has 0 amide bonds. The van der Waals surface area contributed by atoms with Crippen LogP contribution in [0.4, 0.5) is 19.0 Å². The van der Waals surface area contributed by atoms with Gasteiger partial charge in [-0.05, 0) is 29.8 Å². The van der Waals surface area contributed by atoms with Gasteiger partial charge in [0.25, 0.3) is 0 Å². The highest BCUT2D eigenvalue weighted by Crippen LogP contribution is 2.22. The summed E-state index contributed by atoms with van der Waals surface area (Å²) < 4.78 is 39.9. The maximum absolute atomic E-state index is 12.1. The number of nitrogens with zero attached hydrogens (tertiary/aromatic N) is 4. The second kappa shape index (κ2) is 5.91. The molecule has 3 rings (SSSR count). The summed E-state index contributed by atoms with van der Waals surface area (Å²) in [6.45, 7) is 0. The molecule has 0 saturated carbocycles. The molecular weight excluding hydrogens is 313 g/mol. The fraction of sp³-hybridized carbons (Fsp3) is 0.0769. The molecular formula is C13H9F3N6O. The summed E-state index contributed by atoms with van der Waals surface area (Å²) in [6.07, 6.45) is -0.459. The first kappa shape index (κ1) is 14.8. The van der Waals surface area contributed by atoms with Crippen LogP contribution in [0.15, 0.2) is 42.0 Å². The van der Waals surface area contributed by atoms with Gasteiger partial charge in [0.2, 0.25) is 0 Å². The van der Waals surface area contributed by atoms with Gasteiger partial charge in [0.05, 0.1) is 12.5 Å². The highest BCUT2D eigenvalue weighted by atomic mass is 19.4. The lowest BCUT2D eigenvalue weighted by Crippen LogP contribution is -2.17. The number of anilines is 1. The van der Waals surface area contributed by atoms with Crippen molar-refractivity contribution in [2.45, 2.75) is 6.36 Å². The number of alkyl halides is 3. The Morgan fingerprint density at radius 2 is 1.91 bits per heavy atom. The molecule has 118 valence electrons. The monoisotopic (exact) mass is 322 g/mol. The molecule has 0 aliphatic carbocycles. The van der Waals surface area contributed by atoms with Crippen LogP contribution in [0, 0.1) is 0 Å². The van der Waals surface area contributed by atoms with E-state index in [1.807, 2.05) is 0 Å². The third-order valence-electron chi connectivity index (χ3n) is 2.72. The number of hydrogen-bond acceptors (Lipinski definition) is 6. The van der Waals surface area contributed by atoms with Crippen molar-refractivity contribution in [2.75, 3.05) is 5.43 Å². The molecule has 0 saturated heterocycles. The van der Waals surface area contributed by atoms with Crippen molar-refractivity contribution in [3.05, 3.63) is 42.5 Å². The molecule has 0 fully saturated rings. The van der Waals surface area contributed by atoms with Crippen molar-refractivity contribution < 1.29 is 17.9 Å². The molecule has 2 heterocycles. The van der Waals surface area contributed by atoms with Crippen molar-refractivity contribution in [3.63, 3.8) is 0 Å². The predicted molar refractivity (Wildman–Crippen MR) is 76.0 cm³/mol. The van der Waals surface area contributed by atoms with Crippen LogP contribution < -0.4 is 10.2 Å². The molecule has 0 spiro atoms. The summed E-state index contributed by atoms with van der Waals surface area (Å²) in [5.74, 6) is 0.137. The quantitative estimate of drug-likeness (QED) is 0.569. The third kappa shape index (κ3) is 3.73. The SMILES string of the molecule is FC(F)(F)Oc1ccc(C=NNc2ncnc3nc[nH]c23)cc1. The van der Waals surface area contributed by atoms with Crippen LogP contribution in [0.1, 0.15) is 5.56 Å². The lowest BCUT2D eigenvalue weighted by Gasteiger charge is -2.08. The first-order valence-electron chi connectivity index (χ1n) is 6.30. The number of aromatic nitrogens is 4. The van der Waals surface area contributed by atoms with E-state index in [0.29, 0.717) is 22.5 Å². The van der Waals surface area contributed by atoms with Gasteiger partial charge in [-0.25, -0.2) is 15.0 Å². The molecule has 0 atom stereocenters. The van der Waals surface area contributed by atoms with E-state index in [0.717, 1.165) is 0 Å². The number of rotatable bonds is 4. The van der Waals surface area contributed by atoms with Gasteiger partial charge in [-0.2, -0.15) is 5.10 Å². The number of H-pyrrole nitrogens is 1. The normalized spacial score (nSPS) is 12.0. The average molecular weight is 322 g/mol. The molecule has 0 aliphatic rings. The minimum absolute atomic E-state index is 0.294. The second-order valence-electron chi connectivity index (χ2n) is 4.31. The van der Waals surface area contributed by atoms with Gasteiger partial charge in [0, 0.05) is 0 Å². The van der Waals surface area contributed by atoms with E-state index in [2.05, 4.69) is 35.2 Å². The van der Waals surface area contributed by atoms with Gasteiger partial charge >= 0.3 is 6.36 Å². The number of imidazole rings is 1. The Balaban J connectivity index is 1.67. The molecule has 1 aromatic carbocycles. The molecule has 0 bridgehead atoms. The zero-order valence-electron chi connectivity index (χ0n) is 11.4. The zero-order valence-corrected chi connectivity index (χ0v) is 11.4. The fourth-order valence-corrected chi connectivity index (χ4v) is 1.77. The molecule has 2 aromatic heterocycles. The van der Waals surface area contributed by atoms with Gasteiger partial charge in [-0.3, -0.25) is 5.43 Å². The van der Waals surface area contributed by atoms with Crippen molar-refractivity contribution >= 4 is 23.2 Å². The lowest BCUT2D eigenvalue weighted by atomic mass is 10.2. The highest BCUT2D eigenvalue weighted by Gasteiger charge is 2.30. The Morgan fingerprint density at radius 3 is 2.65 bits per heavy atom. The fourth-order valence-electron chi connectivity index (χ4n) is 1.77. The minimum Gasteiger partial charge on any atom is -0.406 e. The summed E-state index contributed by atoms with van der Waals surface area (Å²) in [5, 5.41) is 3.97. The first-order valence-corrected chi connectivity index (χ1v) is 6.30. The van der Waals surface area contributed by atoms with Crippen LogP contribution in [-0.2, 0) is 0 Å². The number of aromatic amines is 1. The van der Waals surface area contributed by atoms with Gasteiger partial charge in [-0.15, -0.1) is 13.2 Å². The van der Waals surface area contributed by atoms with E-state index in [4.69, 9.17) is 0 Å². The number of hydrogen-bond donors (Lipinski definition) is 2. The third-order valence-corrected chi connectivity index (χ3v) is 2.72. The number of benzene rings is 1. The number of nitrogens with one attached hydrogen (secondary N) is 2. The Morgan fingerprint density at radius 1 is 1.13 bits per heavy atom. The Hall–Kier alpha value is -3.17. The number of halogens is 3. The van der Waals surface area contributed by atoms with Crippen molar-refractivity contribution in [1.82, 2.24) is 19.9 Å². The topological polar surface area (TPSA) is 88.1 Å². The lowest BCUT2D eigenvalue weighted by molar-refractivity contribution is -0.274. The molecule has 2 N–H and O–H groups in total.